The second-order valence-electron chi connectivity index (χ2n) is 9.79. The van der Waals surface area contributed by atoms with E-state index in [0.717, 1.165) is 22.3 Å². The summed E-state index contributed by atoms with van der Waals surface area (Å²) in [5.41, 5.74) is 9.45. The van der Waals surface area contributed by atoms with Gasteiger partial charge in [-0.25, -0.2) is 14.6 Å². The molecule has 1 aromatic heterocycles. The average molecular weight is 504 g/mol. The van der Waals surface area contributed by atoms with Gasteiger partial charge in [0, 0.05) is 5.92 Å². The lowest BCUT2D eigenvalue weighted by molar-refractivity contribution is -0.155. The molecule has 1 heterocycles. The van der Waals surface area contributed by atoms with E-state index in [1.54, 1.807) is 20.8 Å². The van der Waals surface area contributed by atoms with Crippen LogP contribution in [0.4, 0.5) is 10.6 Å². The van der Waals surface area contributed by atoms with E-state index in [9.17, 15) is 19.5 Å². The van der Waals surface area contributed by atoms with Gasteiger partial charge < -0.3 is 25.6 Å². The summed E-state index contributed by atoms with van der Waals surface area (Å²) in [5, 5.41) is 11.9. The fourth-order valence-electron chi connectivity index (χ4n) is 4.43. The molecule has 4 rings (SSSR count). The number of nitrogens with one attached hydrogen (secondary N) is 1. The average Bonchev–Trinajstić information content (AvgIpc) is 3.14. The van der Waals surface area contributed by atoms with Crippen LogP contribution in [0.25, 0.3) is 11.1 Å². The van der Waals surface area contributed by atoms with Gasteiger partial charge in [0.2, 0.25) is 0 Å². The molecule has 9 heteroatoms. The van der Waals surface area contributed by atoms with Gasteiger partial charge in [0.1, 0.15) is 23.6 Å². The maximum absolute atomic E-state index is 12.9. The molecule has 1 atom stereocenters. The van der Waals surface area contributed by atoms with E-state index in [2.05, 4.69) is 10.3 Å². The number of benzene rings is 2. The van der Waals surface area contributed by atoms with Gasteiger partial charge >= 0.3 is 18.0 Å². The van der Waals surface area contributed by atoms with Crippen molar-refractivity contribution in [3.8, 4) is 11.1 Å². The fraction of sp³-hybridized carbons (Fsp3) is 0.286. The molecule has 9 nitrogen and oxygen atoms in total. The van der Waals surface area contributed by atoms with E-state index >= 15 is 0 Å². The highest BCUT2D eigenvalue weighted by Crippen LogP contribution is 2.44. The number of rotatable bonds is 7. The highest BCUT2D eigenvalue weighted by atomic mass is 16.6. The van der Waals surface area contributed by atoms with Crippen molar-refractivity contribution in [3.05, 3.63) is 83.0 Å². The molecule has 0 fully saturated rings. The van der Waals surface area contributed by atoms with Crippen LogP contribution < -0.4 is 11.1 Å². The summed E-state index contributed by atoms with van der Waals surface area (Å²) in [6.45, 7) is 5.29. The third-order valence-corrected chi connectivity index (χ3v) is 5.96. The number of anilines is 1. The van der Waals surface area contributed by atoms with Crippen LogP contribution in [0.2, 0.25) is 0 Å². The van der Waals surface area contributed by atoms with E-state index in [-0.39, 0.29) is 36.0 Å². The number of nitrogens with zero attached hydrogens (tertiary/aromatic N) is 1. The summed E-state index contributed by atoms with van der Waals surface area (Å²) in [6, 6.07) is 17.7. The Labute approximate surface area is 214 Å². The molecule has 1 aliphatic carbocycles. The number of aromatic carboxylic acids is 1. The van der Waals surface area contributed by atoms with Crippen LogP contribution in [0, 0.1) is 0 Å². The number of hydrogen-bond donors (Lipinski definition) is 3. The molecule has 1 unspecified atom stereocenters. The van der Waals surface area contributed by atoms with Gasteiger partial charge in [0.05, 0.1) is 18.2 Å². The number of aromatic nitrogens is 1. The van der Waals surface area contributed by atoms with Crippen molar-refractivity contribution in [1.82, 2.24) is 10.3 Å². The van der Waals surface area contributed by atoms with E-state index in [4.69, 9.17) is 15.2 Å². The lowest BCUT2D eigenvalue weighted by atomic mass is 9.98. The van der Waals surface area contributed by atoms with Crippen molar-refractivity contribution in [1.29, 1.82) is 0 Å². The van der Waals surface area contributed by atoms with Crippen LogP contribution in [-0.2, 0) is 14.3 Å². The fourth-order valence-corrected chi connectivity index (χ4v) is 4.43. The van der Waals surface area contributed by atoms with Crippen LogP contribution >= 0.6 is 0 Å². The zero-order chi connectivity index (χ0) is 26.7. The Kier molecular flexibility index (Phi) is 7.15. The van der Waals surface area contributed by atoms with Crippen molar-refractivity contribution in [2.75, 3.05) is 12.3 Å². The highest BCUT2D eigenvalue weighted by molar-refractivity contribution is 5.92. The highest BCUT2D eigenvalue weighted by Gasteiger charge is 2.30. The van der Waals surface area contributed by atoms with Gasteiger partial charge in [-0.05, 0) is 55.2 Å². The minimum atomic E-state index is -1.23. The largest absolute Gasteiger partial charge is 0.478 e. The Bertz CT molecular complexity index is 1300. The molecule has 0 radical (unpaired) electrons. The summed E-state index contributed by atoms with van der Waals surface area (Å²) in [7, 11) is 0. The first-order valence-corrected chi connectivity index (χ1v) is 11.9. The monoisotopic (exact) mass is 503 g/mol. The number of esters is 1. The SMILES string of the molecule is CC(C)(C)OC(=O)CC(NC(=O)OCC1c2ccccc2-c2ccccc21)c1ccc(C(=O)O)c(N)n1. The number of carbonyl (C=O) groups excluding carboxylic acids is 2. The molecule has 37 heavy (non-hydrogen) atoms. The minimum absolute atomic E-state index is 0.0898. The second kappa shape index (κ2) is 10.3. The summed E-state index contributed by atoms with van der Waals surface area (Å²) < 4.78 is 11.0. The van der Waals surface area contributed by atoms with Gasteiger partial charge in [-0.1, -0.05) is 48.5 Å². The first kappa shape index (κ1) is 25.7. The van der Waals surface area contributed by atoms with Crippen LogP contribution in [0.5, 0.6) is 0 Å². The van der Waals surface area contributed by atoms with Crippen molar-refractivity contribution in [2.45, 2.75) is 44.8 Å². The third kappa shape index (κ3) is 5.88. The number of fused-ring (bicyclic) bond motifs is 3. The first-order valence-electron chi connectivity index (χ1n) is 11.9. The number of nitrogens with two attached hydrogens (primary N) is 1. The van der Waals surface area contributed by atoms with Gasteiger partial charge in [-0.15, -0.1) is 0 Å². The molecule has 1 amide bonds. The molecule has 0 bridgehead atoms. The van der Waals surface area contributed by atoms with Crippen LogP contribution in [0.15, 0.2) is 60.7 Å². The Morgan fingerprint density at radius 3 is 2.14 bits per heavy atom. The molecule has 0 saturated carbocycles. The van der Waals surface area contributed by atoms with Crippen LogP contribution in [0.1, 0.15) is 66.3 Å². The summed E-state index contributed by atoms with van der Waals surface area (Å²) in [6.07, 6.45) is -1.00. The molecular weight excluding hydrogens is 474 g/mol. The molecule has 4 N–H and O–H groups in total. The Balaban J connectivity index is 1.51. The van der Waals surface area contributed by atoms with E-state index < -0.39 is 29.7 Å². The number of carboxylic acid groups (broad SMARTS) is 1. The van der Waals surface area contributed by atoms with Crippen LogP contribution in [0.3, 0.4) is 0 Å². The zero-order valence-electron chi connectivity index (χ0n) is 20.9. The maximum atomic E-state index is 12.9. The standard InChI is InChI=1S/C28H29N3O6/c1-28(2,3)37-24(32)14-23(22-13-12-20(26(33)34)25(29)30-22)31-27(35)36-15-21-18-10-6-4-8-16(18)17-9-5-7-11-19(17)21/h4-13,21,23H,14-15H2,1-3H3,(H2,29,30)(H,31,35)(H,33,34). The number of carboxylic acids is 1. The predicted molar refractivity (Wildman–Crippen MR) is 137 cm³/mol. The van der Waals surface area contributed by atoms with Gasteiger partial charge in [0.25, 0.3) is 0 Å². The van der Waals surface area contributed by atoms with E-state index in [1.807, 2.05) is 48.5 Å². The zero-order valence-corrected chi connectivity index (χ0v) is 20.9. The number of carbonyl (C=O) groups is 3. The molecule has 0 aliphatic heterocycles. The van der Waals surface area contributed by atoms with Crippen molar-refractivity contribution < 1.29 is 29.0 Å². The quantitative estimate of drug-likeness (QED) is 0.395. The van der Waals surface area contributed by atoms with Crippen LogP contribution in [-0.4, -0.2) is 40.3 Å². The summed E-state index contributed by atoms with van der Waals surface area (Å²) >= 11 is 0. The Morgan fingerprint density at radius 2 is 1.59 bits per heavy atom. The van der Waals surface area contributed by atoms with Crippen molar-refractivity contribution >= 4 is 23.8 Å². The van der Waals surface area contributed by atoms with Gasteiger partial charge in [-0.3, -0.25) is 4.79 Å². The van der Waals surface area contributed by atoms with E-state index in [0.29, 0.717) is 0 Å². The number of nitrogen functional groups attached to an aromatic ring is 1. The predicted octanol–water partition coefficient (Wildman–Crippen LogP) is 4.67. The number of alkyl carbamates (subject to hydrolysis) is 1. The minimum Gasteiger partial charge on any atom is -0.478 e. The Hall–Kier alpha value is -4.40. The lowest BCUT2D eigenvalue weighted by Crippen LogP contribution is -2.34. The lowest BCUT2D eigenvalue weighted by Gasteiger charge is -2.23. The molecule has 3 aromatic rings. The molecule has 1 aliphatic rings. The second-order valence-corrected chi connectivity index (χ2v) is 9.79. The van der Waals surface area contributed by atoms with Gasteiger partial charge in [-0.2, -0.15) is 0 Å². The molecular formula is C28H29N3O6. The first-order chi connectivity index (χ1) is 17.5. The van der Waals surface area contributed by atoms with Gasteiger partial charge in [0.15, 0.2) is 0 Å². The van der Waals surface area contributed by atoms with E-state index in [1.165, 1.54) is 12.1 Å². The smallest absolute Gasteiger partial charge is 0.407 e. The third-order valence-electron chi connectivity index (χ3n) is 5.96. The number of pyridine rings is 1. The molecule has 2 aromatic carbocycles. The number of hydrogen-bond acceptors (Lipinski definition) is 7. The number of amides is 1. The molecule has 192 valence electrons. The number of ether oxygens (including phenoxy) is 2. The van der Waals surface area contributed by atoms with Crippen molar-refractivity contribution in [3.63, 3.8) is 0 Å². The summed E-state index contributed by atoms with van der Waals surface area (Å²) in [4.78, 5) is 40.9. The molecule has 0 saturated heterocycles. The normalized spacial score (nSPS) is 13.3. The molecule has 0 spiro atoms. The maximum Gasteiger partial charge on any atom is 0.407 e. The van der Waals surface area contributed by atoms with Crippen molar-refractivity contribution in [2.24, 2.45) is 0 Å². The topological polar surface area (TPSA) is 141 Å². The summed E-state index contributed by atoms with van der Waals surface area (Å²) in [5.74, 6) is -2.16. The Morgan fingerprint density at radius 1 is 1.00 bits per heavy atom.